The molecule has 0 atom stereocenters. The number of benzene rings is 2. The van der Waals surface area contributed by atoms with Crippen LogP contribution < -0.4 is 14.8 Å². The van der Waals surface area contributed by atoms with E-state index in [1.807, 2.05) is 0 Å². The van der Waals surface area contributed by atoms with Gasteiger partial charge in [0.2, 0.25) is 10.0 Å². The maximum atomic E-state index is 13.5. The summed E-state index contributed by atoms with van der Waals surface area (Å²) in [6.45, 7) is 6.92. The molecule has 1 heterocycles. The van der Waals surface area contributed by atoms with Crippen LogP contribution in [0.3, 0.4) is 0 Å². The smallest absolute Gasteiger partial charge is 0.412 e. The van der Waals surface area contributed by atoms with Gasteiger partial charge in [-0.3, -0.25) is 4.31 Å². The van der Waals surface area contributed by atoms with Gasteiger partial charge in [-0.2, -0.15) is 0 Å². The third-order valence-electron chi connectivity index (χ3n) is 4.70. The van der Waals surface area contributed by atoms with E-state index in [9.17, 15) is 22.4 Å². The van der Waals surface area contributed by atoms with Crippen molar-refractivity contribution in [3.63, 3.8) is 0 Å². The number of rotatable bonds is 7. The van der Waals surface area contributed by atoms with Crippen molar-refractivity contribution in [2.75, 3.05) is 10.6 Å². The average molecular weight is 493 g/mol. The number of amides is 1. The molecule has 3 aromatic rings. The number of carbonyl (C=O) groups is 2. The topological polar surface area (TPSA) is 129 Å². The van der Waals surface area contributed by atoms with Crippen LogP contribution in [0.5, 0.6) is 5.75 Å². The van der Waals surface area contributed by atoms with E-state index in [4.69, 9.17) is 14.9 Å². The van der Waals surface area contributed by atoms with E-state index < -0.39 is 33.9 Å². The van der Waals surface area contributed by atoms with Gasteiger partial charge in [-0.1, -0.05) is 0 Å². The van der Waals surface area contributed by atoms with Crippen LogP contribution in [0.25, 0.3) is 22.3 Å². The lowest BCUT2D eigenvalue weighted by atomic mass is 10.0. The minimum absolute atomic E-state index is 0.00986. The Morgan fingerprint density at radius 3 is 2.21 bits per heavy atom. The van der Waals surface area contributed by atoms with Gasteiger partial charge in [-0.05, 0) is 58.0 Å². The molecule has 182 valence electrons. The Kier molecular flexibility index (Phi) is 6.87. The molecule has 1 amide bonds. The zero-order chi connectivity index (χ0) is 25.4. The van der Waals surface area contributed by atoms with E-state index in [-0.39, 0.29) is 39.8 Å². The molecule has 1 aromatic heterocycles. The predicted octanol–water partition coefficient (Wildman–Crippen LogP) is 4.44. The second kappa shape index (κ2) is 9.34. The maximum Gasteiger partial charge on any atom is 0.412 e. The first-order valence-electron chi connectivity index (χ1n) is 10.3. The number of anilines is 1. The standard InChI is InChI=1S/C23H25FN2O7S/c1-12(2)26(34(5,29)30)17-11-18-16(10-19(17)31-13(3)4)20(22(27)33-23(25)28)21(32-18)14-6-8-15(24)9-7-14/h6-13H,1-5H3,(H2,25,28). The van der Waals surface area contributed by atoms with Crippen molar-refractivity contribution in [1.82, 2.24) is 0 Å². The molecule has 0 saturated heterocycles. The predicted molar refractivity (Wildman–Crippen MR) is 125 cm³/mol. The lowest BCUT2D eigenvalue weighted by molar-refractivity contribution is 0.0640. The monoisotopic (exact) mass is 492 g/mol. The fourth-order valence-corrected chi connectivity index (χ4v) is 4.89. The molecular weight excluding hydrogens is 467 g/mol. The first-order valence-corrected chi connectivity index (χ1v) is 12.2. The van der Waals surface area contributed by atoms with Crippen LogP contribution in [0.2, 0.25) is 0 Å². The molecule has 0 bridgehead atoms. The van der Waals surface area contributed by atoms with Gasteiger partial charge in [-0.25, -0.2) is 22.4 Å². The first kappa shape index (κ1) is 25.0. The van der Waals surface area contributed by atoms with Gasteiger partial charge < -0.3 is 19.6 Å². The lowest BCUT2D eigenvalue weighted by Gasteiger charge is -2.28. The number of nitrogens with zero attached hydrogens (tertiary/aromatic N) is 1. The van der Waals surface area contributed by atoms with Crippen LogP contribution in [0.15, 0.2) is 40.8 Å². The SMILES string of the molecule is CC(C)Oc1cc2c(C(=O)OC(N)=O)c(-c3ccc(F)cc3)oc2cc1N(C(C)C)S(C)(=O)=O. The summed E-state index contributed by atoms with van der Waals surface area (Å²) in [5, 5.41) is 0.196. The van der Waals surface area contributed by atoms with Crippen LogP contribution in [0.1, 0.15) is 38.1 Å². The molecule has 9 nitrogen and oxygen atoms in total. The van der Waals surface area contributed by atoms with E-state index in [1.54, 1.807) is 27.7 Å². The number of hydrogen-bond acceptors (Lipinski definition) is 7. The van der Waals surface area contributed by atoms with Crippen LogP contribution in [-0.4, -0.2) is 38.9 Å². The van der Waals surface area contributed by atoms with E-state index >= 15 is 0 Å². The summed E-state index contributed by atoms with van der Waals surface area (Å²) in [5.74, 6) is -1.43. The fourth-order valence-electron chi connectivity index (χ4n) is 3.62. The number of carbonyl (C=O) groups excluding carboxylic acids is 2. The van der Waals surface area contributed by atoms with E-state index in [0.717, 1.165) is 6.26 Å². The van der Waals surface area contributed by atoms with E-state index in [1.165, 1.54) is 40.7 Å². The Labute approximate surface area is 196 Å². The molecule has 34 heavy (non-hydrogen) atoms. The summed E-state index contributed by atoms with van der Waals surface area (Å²) < 4.78 is 56.2. The zero-order valence-corrected chi connectivity index (χ0v) is 20.1. The third-order valence-corrected chi connectivity index (χ3v) is 6.03. The van der Waals surface area contributed by atoms with Gasteiger partial charge >= 0.3 is 12.1 Å². The van der Waals surface area contributed by atoms with Crippen molar-refractivity contribution in [3.8, 4) is 17.1 Å². The number of ether oxygens (including phenoxy) is 2. The molecule has 3 rings (SSSR count). The number of nitrogens with two attached hydrogens (primary N) is 1. The van der Waals surface area contributed by atoms with Gasteiger partial charge in [0.25, 0.3) is 0 Å². The minimum atomic E-state index is -3.72. The number of primary amides is 1. The summed E-state index contributed by atoms with van der Waals surface area (Å²) in [4.78, 5) is 24.1. The number of hydrogen-bond donors (Lipinski definition) is 1. The highest BCUT2D eigenvalue weighted by atomic mass is 32.2. The first-order chi connectivity index (χ1) is 15.8. The molecule has 11 heteroatoms. The van der Waals surface area contributed by atoms with Crippen LogP contribution >= 0.6 is 0 Å². The van der Waals surface area contributed by atoms with Crippen LogP contribution in [0.4, 0.5) is 14.9 Å². The molecule has 0 aliphatic rings. The normalized spacial score (nSPS) is 11.8. The summed E-state index contributed by atoms with van der Waals surface area (Å²) in [6, 6.07) is 7.53. The second-order valence-electron chi connectivity index (χ2n) is 8.16. The molecule has 0 radical (unpaired) electrons. The van der Waals surface area contributed by atoms with Crippen LogP contribution in [0, 0.1) is 5.82 Å². The van der Waals surface area contributed by atoms with Crippen molar-refractivity contribution >= 4 is 38.7 Å². The second-order valence-corrected chi connectivity index (χ2v) is 10.0. The molecule has 0 spiro atoms. The largest absolute Gasteiger partial charge is 0.489 e. The van der Waals surface area contributed by atoms with Crippen molar-refractivity contribution in [2.45, 2.75) is 39.8 Å². The van der Waals surface area contributed by atoms with Crippen molar-refractivity contribution in [3.05, 3.63) is 47.8 Å². The lowest BCUT2D eigenvalue weighted by Crippen LogP contribution is -2.36. The summed E-state index contributed by atoms with van der Waals surface area (Å²) in [5.41, 5.74) is 5.54. The molecule has 2 aromatic carbocycles. The summed E-state index contributed by atoms with van der Waals surface area (Å²) in [6.07, 6.45) is -0.588. The average Bonchev–Trinajstić information content (AvgIpc) is 3.04. The van der Waals surface area contributed by atoms with E-state index in [0.29, 0.717) is 5.56 Å². The third kappa shape index (κ3) is 5.14. The Bertz CT molecular complexity index is 1350. The van der Waals surface area contributed by atoms with Gasteiger partial charge in [0.05, 0.1) is 18.0 Å². The molecule has 0 unspecified atom stereocenters. The zero-order valence-electron chi connectivity index (χ0n) is 19.3. The quantitative estimate of drug-likeness (QED) is 0.381. The van der Waals surface area contributed by atoms with Gasteiger partial charge in [-0.15, -0.1) is 0 Å². The van der Waals surface area contributed by atoms with E-state index in [2.05, 4.69) is 4.74 Å². The Balaban J connectivity index is 2.39. The molecular formula is C23H25FN2O7S. The summed E-state index contributed by atoms with van der Waals surface area (Å²) >= 11 is 0. The molecule has 0 aliphatic heterocycles. The maximum absolute atomic E-state index is 13.5. The highest BCUT2D eigenvalue weighted by molar-refractivity contribution is 7.92. The van der Waals surface area contributed by atoms with Crippen molar-refractivity contribution in [2.24, 2.45) is 5.73 Å². The van der Waals surface area contributed by atoms with Crippen LogP contribution in [-0.2, 0) is 14.8 Å². The van der Waals surface area contributed by atoms with Crippen molar-refractivity contribution in [1.29, 1.82) is 0 Å². The van der Waals surface area contributed by atoms with Gasteiger partial charge in [0, 0.05) is 23.1 Å². The summed E-state index contributed by atoms with van der Waals surface area (Å²) in [7, 11) is -3.72. The molecule has 0 aliphatic carbocycles. The highest BCUT2D eigenvalue weighted by Gasteiger charge is 2.30. The Morgan fingerprint density at radius 2 is 1.71 bits per heavy atom. The molecule has 0 saturated carbocycles. The fraction of sp³-hybridized carbons (Fsp3) is 0.304. The Morgan fingerprint density at radius 1 is 1.09 bits per heavy atom. The number of sulfonamides is 1. The number of halogens is 1. The Hall–Kier alpha value is -3.60. The van der Waals surface area contributed by atoms with Gasteiger partial charge in [0.15, 0.2) is 0 Å². The van der Waals surface area contributed by atoms with Gasteiger partial charge in [0.1, 0.15) is 28.5 Å². The minimum Gasteiger partial charge on any atom is -0.489 e. The number of furan rings is 1. The number of esters is 1. The highest BCUT2D eigenvalue weighted by Crippen LogP contribution is 2.42. The molecule has 2 N–H and O–H groups in total. The van der Waals surface area contributed by atoms with Crippen molar-refractivity contribution < 1.29 is 36.3 Å². The molecule has 0 fully saturated rings. The number of fused-ring (bicyclic) bond motifs is 1.